The summed E-state index contributed by atoms with van der Waals surface area (Å²) in [5.74, 6) is 0.170. The summed E-state index contributed by atoms with van der Waals surface area (Å²) in [6, 6.07) is 10.2. The second-order valence-corrected chi connectivity index (χ2v) is 5.68. The van der Waals surface area contributed by atoms with Crippen molar-refractivity contribution in [3.63, 3.8) is 0 Å². The molecule has 1 aromatic rings. The summed E-state index contributed by atoms with van der Waals surface area (Å²) in [4.78, 5) is 14.8. The molecule has 1 aromatic carbocycles. The number of nitrogens with one attached hydrogen (secondary N) is 1. The molecule has 102 valence electrons. The van der Waals surface area contributed by atoms with Crippen LogP contribution in [0.1, 0.15) is 18.4 Å². The van der Waals surface area contributed by atoms with E-state index in [2.05, 4.69) is 34.5 Å². The van der Waals surface area contributed by atoms with Crippen molar-refractivity contribution < 1.29 is 4.79 Å². The molecular formula is C15H21N3O. The van der Waals surface area contributed by atoms with Crippen LogP contribution in [-0.4, -0.2) is 49.0 Å². The number of rotatable bonds is 3. The van der Waals surface area contributed by atoms with Gasteiger partial charge in [0.15, 0.2) is 0 Å². The molecule has 1 saturated heterocycles. The van der Waals surface area contributed by atoms with Crippen molar-refractivity contribution in [1.82, 2.24) is 15.3 Å². The smallest absolute Gasteiger partial charge is 0.244 e. The van der Waals surface area contributed by atoms with Gasteiger partial charge in [0.1, 0.15) is 0 Å². The van der Waals surface area contributed by atoms with Crippen LogP contribution in [0.3, 0.4) is 0 Å². The minimum absolute atomic E-state index is 0.170. The fourth-order valence-corrected chi connectivity index (χ4v) is 2.70. The zero-order valence-electron chi connectivity index (χ0n) is 11.4. The average Bonchev–Trinajstić information content (AvgIpc) is 3.24. The first kappa shape index (κ1) is 12.6. The highest BCUT2D eigenvalue weighted by Gasteiger charge is 2.51. The molecule has 2 fully saturated rings. The third kappa shape index (κ3) is 2.51. The summed E-state index contributed by atoms with van der Waals surface area (Å²) in [6.07, 6.45) is 1.94. The molecule has 1 saturated carbocycles. The van der Waals surface area contributed by atoms with Gasteiger partial charge in [-0.2, -0.15) is 0 Å². The number of carbonyl (C=O) groups excluding carboxylic acids is 1. The van der Waals surface area contributed by atoms with Gasteiger partial charge in [-0.1, -0.05) is 30.3 Å². The third-order valence-electron chi connectivity index (χ3n) is 4.27. The van der Waals surface area contributed by atoms with Crippen molar-refractivity contribution in [1.29, 1.82) is 0 Å². The Balaban J connectivity index is 1.65. The lowest BCUT2D eigenvalue weighted by molar-refractivity contribution is -0.129. The third-order valence-corrected chi connectivity index (χ3v) is 4.27. The number of hydrazine groups is 1. The van der Waals surface area contributed by atoms with E-state index in [0.29, 0.717) is 0 Å². The Hall–Kier alpha value is -1.39. The Labute approximate surface area is 114 Å². The molecule has 1 N–H and O–H groups in total. The van der Waals surface area contributed by atoms with Crippen molar-refractivity contribution in [2.45, 2.75) is 18.3 Å². The van der Waals surface area contributed by atoms with Gasteiger partial charge in [0, 0.05) is 26.2 Å². The van der Waals surface area contributed by atoms with Crippen LogP contribution in [0.4, 0.5) is 0 Å². The number of benzene rings is 1. The molecule has 1 amide bonds. The van der Waals surface area contributed by atoms with Crippen molar-refractivity contribution in [3.05, 3.63) is 35.9 Å². The molecule has 4 heteroatoms. The van der Waals surface area contributed by atoms with Crippen molar-refractivity contribution >= 4 is 5.91 Å². The Morgan fingerprint density at radius 1 is 1.11 bits per heavy atom. The van der Waals surface area contributed by atoms with Gasteiger partial charge >= 0.3 is 0 Å². The molecule has 1 aliphatic carbocycles. The fourth-order valence-electron chi connectivity index (χ4n) is 2.70. The first-order chi connectivity index (χ1) is 9.21. The molecule has 19 heavy (non-hydrogen) atoms. The number of hydrogen-bond donors (Lipinski definition) is 1. The van der Waals surface area contributed by atoms with Crippen LogP contribution >= 0.6 is 0 Å². The summed E-state index contributed by atoms with van der Waals surface area (Å²) in [5, 5.41) is 2.06. The van der Waals surface area contributed by atoms with Crippen molar-refractivity contribution in [3.8, 4) is 0 Å². The summed E-state index contributed by atoms with van der Waals surface area (Å²) in [7, 11) is 2.12. The minimum Gasteiger partial charge on any atom is -0.304 e. The SMILES string of the molecule is CN1CCN(NC(=O)C2(c3ccccc3)CC2)CC1. The monoisotopic (exact) mass is 259 g/mol. The molecule has 0 aromatic heterocycles. The molecule has 0 bridgehead atoms. The molecule has 1 aliphatic heterocycles. The van der Waals surface area contributed by atoms with E-state index in [1.165, 1.54) is 0 Å². The van der Waals surface area contributed by atoms with Gasteiger partial charge in [0.25, 0.3) is 0 Å². The average molecular weight is 259 g/mol. The molecule has 0 radical (unpaired) electrons. The van der Waals surface area contributed by atoms with E-state index < -0.39 is 0 Å². The Morgan fingerprint density at radius 2 is 1.74 bits per heavy atom. The van der Waals surface area contributed by atoms with Gasteiger partial charge in [-0.3, -0.25) is 10.2 Å². The molecule has 1 heterocycles. The van der Waals surface area contributed by atoms with E-state index >= 15 is 0 Å². The lowest BCUT2D eigenvalue weighted by Gasteiger charge is -2.33. The molecular weight excluding hydrogens is 238 g/mol. The predicted octanol–water partition coefficient (Wildman–Crippen LogP) is 0.997. The van der Waals surface area contributed by atoms with E-state index in [0.717, 1.165) is 44.6 Å². The molecule has 0 unspecified atom stereocenters. The van der Waals surface area contributed by atoms with Crippen molar-refractivity contribution in [2.24, 2.45) is 0 Å². The predicted molar refractivity (Wildman–Crippen MR) is 74.6 cm³/mol. The maximum atomic E-state index is 12.5. The maximum Gasteiger partial charge on any atom is 0.244 e. The molecule has 3 rings (SSSR count). The minimum atomic E-state index is -0.259. The topological polar surface area (TPSA) is 35.6 Å². The summed E-state index contributed by atoms with van der Waals surface area (Å²) >= 11 is 0. The van der Waals surface area contributed by atoms with E-state index in [1.54, 1.807) is 0 Å². The molecule has 0 spiro atoms. The number of hydrogen-bond acceptors (Lipinski definition) is 3. The first-order valence-corrected chi connectivity index (χ1v) is 7.01. The number of carbonyl (C=O) groups is 1. The van der Waals surface area contributed by atoms with Gasteiger partial charge in [-0.15, -0.1) is 0 Å². The number of nitrogens with zero attached hydrogens (tertiary/aromatic N) is 2. The summed E-state index contributed by atoms with van der Waals surface area (Å²) in [5.41, 5.74) is 4.00. The molecule has 2 aliphatic rings. The van der Waals surface area contributed by atoms with Gasteiger partial charge in [0.05, 0.1) is 5.41 Å². The lowest BCUT2D eigenvalue weighted by Crippen LogP contribution is -2.54. The van der Waals surface area contributed by atoms with Crippen molar-refractivity contribution in [2.75, 3.05) is 33.2 Å². The number of piperazine rings is 1. The largest absolute Gasteiger partial charge is 0.304 e. The second-order valence-electron chi connectivity index (χ2n) is 5.68. The molecule has 4 nitrogen and oxygen atoms in total. The Bertz CT molecular complexity index is 448. The molecule has 0 atom stereocenters. The second kappa shape index (κ2) is 4.94. The highest BCUT2D eigenvalue weighted by atomic mass is 16.2. The van der Waals surface area contributed by atoms with E-state index in [-0.39, 0.29) is 11.3 Å². The van der Waals surface area contributed by atoms with Gasteiger partial charge < -0.3 is 4.90 Å². The van der Waals surface area contributed by atoms with Crippen LogP contribution in [0, 0.1) is 0 Å². The normalized spacial score (nSPS) is 23.0. The Morgan fingerprint density at radius 3 is 2.32 bits per heavy atom. The zero-order chi connectivity index (χ0) is 13.3. The standard InChI is InChI=1S/C15H21N3O/c1-17-9-11-18(12-10-17)16-14(19)15(7-8-15)13-5-3-2-4-6-13/h2-6H,7-12H2,1H3,(H,16,19). The van der Waals surface area contributed by atoms with Crippen LogP contribution in [0.2, 0.25) is 0 Å². The van der Waals surface area contributed by atoms with Gasteiger partial charge in [0.2, 0.25) is 5.91 Å². The Kier molecular flexibility index (Phi) is 3.29. The summed E-state index contributed by atoms with van der Waals surface area (Å²) < 4.78 is 0. The zero-order valence-corrected chi connectivity index (χ0v) is 11.4. The van der Waals surface area contributed by atoms with Crippen LogP contribution in [0.5, 0.6) is 0 Å². The fraction of sp³-hybridized carbons (Fsp3) is 0.533. The highest BCUT2D eigenvalue weighted by molar-refractivity contribution is 5.90. The van der Waals surface area contributed by atoms with Crippen LogP contribution in [-0.2, 0) is 10.2 Å². The number of likely N-dealkylation sites (N-methyl/N-ethyl adjacent to an activating group) is 1. The van der Waals surface area contributed by atoms with E-state index in [9.17, 15) is 4.79 Å². The van der Waals surface area contributed by atoms with Gasteiger partial charge in [-0.05, 0) is 25.5 Å². The first-order valence-electron chi connectivity index (χ1n) is 7.01. The lowest BCUT2D eigenvalue weighted by atomic mass is 9.95. The maximum absolute atomic E-state index is 12.5. The van der Waals surface area contributed by atoms with E-state index in [4.69, 9.17) is 0 Å². The van der Waals surface area contributed by atoms with Crippen LogP contribution in [0.15, 0.2) is 30.3 Å². The number of amides is 1. The van der Waals surface area contributed by atoms with E-state index in [1.807, 2.05) is 18.2 Å². The quantitative estimate of drug-likeness (QED) is 0.879. The summed E-state index contributed by atoms with van der Waals surface area (Å²) in [6.45, 7) is 3.84. The van der Waals surface area contributed by atoms with Gasteiger partial charge in [-0.25, -0.2) is 5.01 Å². The van der Waals surface area contributed by atoms with Crippen LogP contribution in [0.25, 0.3) is 0 Å². The van der Waals surface area contributed by atoms with Crippen LogP contribution < -0.4 is 5.43 Å². The highest BCUT2D eigenvalue weighted by Crippen LogP contribution is 2.48.